The Hall–Kier alpha value is -0.950. The van der Waals surface area contributed by atoms with Crippen LogP contribution >= 0.6 is 11.8 Å². The van der Waals surface area contributed by atoms with Gasteiger partial charge in [-0.3, -0.25) is 4.79 Å². The Morgan fingerprint density at radius 1 is 1.87 bits per heavy atom. The molecule has 7 heteroatoms. The van der Waals surface area contributed by atoms with Gasteiger partial charge in [0.2, 0.25) is 0 Å². The van der Waals surface area contributed by atoms with E-state index >= 15 is 0 Å². The first-order valence-corrected chi connectivity index (χ1v) is 5.86. The number of carbonyl (C=O) groups is 2. The van der Waals surface area contributed by atoms with Crippen LogP contribution in [-0.4, -0.2) is 47.4 Å². The highest BCUT2D eigenvalue weighted by Crippen LogP contribution is 2.20. The second-order valence-electron chi connectivity index (χ2n) is 3.36. The molecule has 1 aliphatic rings. The monoisotopic (exact) mass is 234 g/mol. The molecule has 86 valence electrons. The molecule has 0 aromatic carbocycles. The minimum absolute atomic E-state index is 0.149. The second kappa shape index (κ2) is 4.71. The highest BCUT2D eigenvalue weighted by molar-refractivity contribution is 7.98. The molecule has 1 aliphatic heterocycles. The van der Waals surface area contributed by atoms with Crippen LogP contribution in [0, 0.1) is 0 Å². The Kier molecular flexibility index (Phi) is 3.81. The van der Waals surface area contributed by atoms with Crippen molar-refractivity contribution in [1.29, 1.82) is 0 Å². The first-order valence-electron chi connectivity index (χ1n) is 4.46. The number of cyclic esters (lactones) is 1. The molecule has 1 rings (SSSR count). The molecular weight excluding hydrogens is 220 g/mol. The number of hydrogen-bond acceptors (Lipinski definition) is 5. The smallest absolute Gasteiger partial charge is 0.407 e. The number of nitrogens with one attached hydrogen (secondary N) is 1. The fourth-order valence-electron chi connectivity index (χ4n) is 1.35. The van der Waals surface area contributed by atoms with Gasteiger partial charge in [0, 0.05) is 0 Å². The lowest BCUT2D eigenvalue weighted by Gasteiger charge is -2.28. The van der Waals surface area contributed by atoms with E-state index in [1.54, 1.807) is 0 Å². The number of nitrogens with two attached hydrogens (primary N) is 1. The fourth-order valence-corrected chi connectivity index (χ4v) is 1.89. The first kappa shape index (κ1) is 12.1. The minimum Gasteiger partial charge on any atom is -0.480 e. The summed E-state index contributed by atoms with van der Waals surface area (Å²) in [6, 6.07) is 0. The molecule has 6 nitrogen and oxygen atoms in total. The van der Waals surface area contributed by atoms with E-state index in [2.05, 4.69) is 5.32 Å². The van der Waals surface area contributed by atoms with Crippen molar-refractivity contribution in [2.75, 3.05) is 18.6 Å². The van der Waals surface area contributed by atoms with Gasteiger partial charge in [-0.25, -0.2) is 4.79 Å². The van der Waals surface area contributed by atoms with Gasteiger partial charge in [0.15, 0.2) is 5.54 Å². The third-order valence-electron chi connectivity index (χ3n) is 2.37. The number of hydrogen-bond donors (Lipinski definition) is 3. The maximum Gasteiger partial charge on any atom is 0.407 e. The van der Waals surface area contributed by atoms with Crippen LogP contribution in [0.5, 0.6) is 0 Å². The van der Waals surface area contributed by atoms with Crippen LogP contribution in [0.25, 0.3) is 0 Å². The Labute approximate surface area is 91.5 Å². The predicted octanol–water partition coefficient (Wildman–Crippen LogP) is -0.370. The van der Waals surface area contributed by atoms with Gasteiger partial charge >= 0.3 is 12.1 Å². The number of carbonyl (C=O) groups excluding carboxylic acids is 1. The van der Waals surface area contributed by atoms with Gasteiger partial charge in [-0.15, -0.1) is 0 Å². The topological polar surface area (TPSA) is 102 Å². The van der Waals surface area contributed by atoms with Crippen LogP contribution in [-0.2, 0) is 9.53 Å². The largest absolute Gasteiger partial charge is 0.480 e. The number of carboxylic acids is 1. The molecule has 4 N–H and O–H groups in total. The highest BCUT2D eigenvalue weighted by atomic mass is 32.2. The molecule has 0 radical (unpaired) electrons. The van der Waals surface area contributed by atoms with Gasteiger partial charge in [-0.05, 0) is 18.4 Å². The van der Waals surface area contributed by atoms with Crippen LogP contribution < -0.4 is 11.1 Å². The molecule has 0 spiro atoms. The van der Waals surface area contributed by atoms with Crippen LogP contribution in [0.2, 0.25) is 0 Å². The molecular formula is C8H14N2O4S. The van der Waals surface area contributed by atoms with E-state index in [1.807, 2.05) is 6.26 Å². The van der Waals surface area contributed by atoms with Crippen molar-refractivity contribution in [1.82, 2.24) is 5.32 Å². The maximum absolute atomic E-state index is 11.1. The van der Waals surface area contributed by atoms with E-state index in [1.165, 1.54) is 11.8 Å². The lowest BCUT2D eigenvalue weighted by Crippen LogP contribution is -2.59. The van der Waals surface area contributed by atoms with E-state index in [4.69, 9.17) is 15.6 Å². The summed E-state index contributed by atoms with van der Waals surface area (Å²) in [7, 11) is 0. The Morgan fingerprint density at radius 3 is 2.93 bits per heavy atom. The molecule has 0 aromatic heterocycles. The number of carboxylic acid groups (broad SMARTS) is 1. The summed E-state index contributed by atoms with van der Waals surface area (Å²) in [5.74, 6) is -0.533. The van der Waals surface area contributed by atoms with Crippen LogP contribution in [0.1, 0.15) is 6.42 Å². The van der Waals surface area contributed by atoms with E-state index < -0.39 is 23.7 Å². The average Bonchev–Trinajstić information content (AvgIpc) is 2.61. The van der Waals surface area contributed by atoms with Crippen molar-refractivity contribution in [3.05, 3.63) is 0 Å². The lowest BCUT2D eigenvalue weighted by atomic mass is 9.90. The molecule has 15 heavy (non-hydrogen) atoms. The van der Waals surface area contributed by atoms with Crippen molar-refractivity contribution < 1.29 is 19.4 Å². The quantitative estimate of drug-likeness (QED) is 0.600. The fraction of sp³-hybridized carbons (Fsp3) is 0.750. The van der Waals surface area contributed by atoms with Crippen LogP contribution in [0.4, 0.5) is 4.79 Å². The zero-order valence-electron chi connectivity index (χ0n) is 8.36. The first-order chi connectivity index (χ1) is 7.00. The normalized spacial score (nSPS) is 24.1. The summed E-state index contributed by atoms with van der Waals surface area (Å²) in [5, 5.41) is 11.4. The molecule has 0 unspecified atom stereocenters. The number of ether oxygens (including phenoxy) is 1. The molecule has 1 amide bonds. The predicted molar refractivity (Wildman–Crippen MR) is 55.8 cm³/mol. The van der Waals surface area contributed by atoms with Gasteiger partial charge in [0.1, 0.15) is 6.10 Å². The summed E-state index contributed by atoms with van der Waals surface area (Å²) >= 11 is 1.50. The van der Waals surface area contributed by atoms with Gasteiger partial charge in [-0.2, -0.15) is 11.8 Å². The van der Waals surface area contributed by atoms with Crippen molar-refractivity contribution in [3.63, 3.8) is 0 Å². The third kappa shape index (κ3) is 2.54. The van der Waals surface area contributed by atoms with E-state index in [0.29, 0.717) is 5.75 Å². The maximum atomic E-state index is 11.1. The average molecular weight is 234 g/mol. The zero-order valence-corrected chi connectivity index (χ0v) is 9.17. The summed E-state index contributed by atoms with van der Waals surface area (Å²) < 4.78 is 4.82. The SMILES string of the molecule is CSCC[C@@](N)(C(=O)O)[C@@H]1CNC(=O)O1. The summed E-state index contributed by atoms with van der Waals surface area (Å²) in [6.45, 7) is 0.149. The summed E-state index contributed by atoms with van der Waals surface area (Å²) in [5.41, 5.74) is 4.27. The van der Waals surface area contributed by atoms with E-state index in [-0.39, 0.29) is 13.0 Å². The van der Waals surface area contributed by atoms with Crippen LogP contribution in [0.3, 0.4) is 0 Å². The molecule has 0 bridgehead atoms. The van der Waals surface area contributed by atoms with Gasteiger partial charge < -0.3 is 20.9 Å². The van der Waals surface area contributed by atoms with E-state index in [0.717, 1.165) is 0 Å². The molecule has 1 saturated heterocycles. The lowest BCUT2D eigenvalue weighted by molar-refractivity contribution is -0.147. The van der Waals surface area contributed by atoms with Crippen molar-refractivity contribution >= 4 is 23.8 Å². The van der Waals surface area contributed by atoms with Crippen molar-refractivity contribution in [3.8, 4) is 0 Å². The molecule has 2 atom stereocenters. The second-order valence-corrected chi connectivity index (χ2v) is 4.35. The standard InChI is InChI=1S/C8H14N2O4S/c1-15-3-2-8(9,6(11)12)5-4-10-7(13)14-5/h5H,2-4,9H2,1H3,(H,10,13)(H,11,12)/t5-,8-/m0/s1. The summed E-state index contributed by atoms with van der Waals surface area (Å²) in [6.07, 6.45) is 0.722. The number of aliphatic carboxylic acids is 1. The number of thioether (sulfide) groups is 1. The molecule has 1 heterocycles. The minimum atomic E-state index is -1.50. The van der Waals surface area contributed by atoms with Gasteiger partial charge in [0.25, 0.3) is 0 Å². The Bertz CT molecular complexity index is 273. The number of amides is 1. The van der Waals surface area contributed by atoms with Crippen LogP contribution in [0.15, 0.2) is 0 Å². The van der Waals surface area contributed by atoms with Crippen molar-refractivity contribution in [2.24, 2.45) is 5.73 Å². The molecule has 0 aliphatic carbocycles. The van der Waals surface area contributed by atoms with Gasteiger partial charge in [0.05, 0.1) is 6.54 Å². The Morgan fingerprint density at radius 2 is 2.53 bits per heavy atom. The number of alkyl carbamates (subject to hydrolysis) is 1. The highest BCUT2D eigenvalue weighted by Gasteiger charge is 2.47. The molecule has 0 aromatic rings. The Balaban J connectivity index is 2.71. The molecule has 0 saturated carbocycles. The van der Waals surface area contributed by atoms with Gasteiger partial charge in [-0.1, -0.05) is 0 Å². The van der Waals surface area contributed by atoms with E-state index in [9.17, 15) is 9.59 Å². The third-order valence-corrected chi connectivity index (χ3v) is 2.99. The molecule has 1 fully saturated rings. The van der Waals surface area contributed by atoms with Crippen molar-refractivity contribution in [2.45, 2.75) is 18.1 Å². The summed E-state index contributed by atoms with van der Waals surface area (Å²) in [4.78, 5) is 21.9. The number of rotatable bonds is 5. The zero-order chi connectivity index (χ0) is 11.5.